The first kappa shape index (κ1) is 18.5. The van der Waals surface area contributed by atoms with Crippen LogP contribution in [-0.4, -0.2) is 32.7 Å². The molecule has 1 aliphatic rings. The molecule has 6 heteroatoms. The van der Waals surface area contributed by atoms with Gasteiger partial charge in [-0.3, -0.25) is 4.99 Å². The zero-order valence-electron chi connectivity index (χ0n) is 15.1. The number of nitrogens with one attached hydrogen (secondary N) is 2. The summed E-state index contributed by atoms with van der Waals surface area (Å²) in [6.45, 7) is 2.67. The molecule has 0 spiro atoms. The second kappa shape index (κ2) is 8.85. The lowest BCUT2D eigenvalue weighted by Gasteiger charge is -2.19. The summed E-state index contributed by atoms with van der Waals surface area (Å²) in [4.78, 5) is 4.25. The van der Waals surface area contributed by atoms with E-state index in [1.165, 1.54) is 6.07 Å². The highest BCUT2D eigenvalue weighted by Crippen LogP contribution is 2.47. The van der Waals surface area contributed by atoms with Gasteiger partial charge in [0.15, 0.2) is 5.96 Å². The molecule has 2 N–H and O–H groups in total. The molecule has 1 aromatic heterocycles. The number of hydrogen-bond donors (Lipinski definition) is 2. The molecule has 0 amide bonds. The van der Waals surface area contributed by atoms with Gasteiger partial charge in [0.1, 0.15) is 18.2 Å². The first-order valence-electron chi connectivity index (χ1n) is 9.03. The van der Waals surface area contributed by atoms with E-state index in [9.17, 15) is 4.39 Å². The summed E-state index contributed by atoms with van der Waals surface area (Å²) in [7, 11) is 1.75. The second-order valence-corrected chi connectivity index (χ2v) is 6.63. The van der Waals surface area contributed by atoms with Crippen molar-refractivity contribution in [2.75, 3.05) is 26.7 Å². The van der Waals surface area contributed by atoms with Crippen LogP contribution < -0.4 is 10.6 Å². The van der Waals surface area contributed by atoms with E-state index in [-0.39, 0.29) is 11.2 Å². The third kappa shape index (κ3) is 5.08. The van der Waals surface area contributed by atoms with Gasteiger partial charge in [0, 0.05) is 32.2 Å². The molecular weight excluding hydrogens is 333 g/mol. The first-order chi connectivity index (χ1) is 12.7. The predicted octanol–water partition coefficient (Wildman–Crippen LogP) is 3.22. The lowest BCUT2D eigenvalue weighted by molar-refractivity contribution is 0.105. The van der Waals surface area contributed by atoms with Crippen molar-refractivity contribution in [3.8, 4) is 0 Å². The van der Waals surface area contributed by atoms with Gasteiger partial charge < -0.3 is 19.8 Å². The molecule has 140 valence electrons. The number of furan rings is 1. The highest BCUT2D eigenvalue weighted by atomic mass is 19.1. The van der Waals surface area contributed by atoms with Gasteiger partial charge in [-0.15, -0.1) is 0 Å². The normalized spacial score (nSPS) is 15.7. The standard InChI is InChI=1S/C20H26FN3O2/c1-22-19(23-10-4-11-25-14-18-7-3-12-26-18)24-15-20(8-9-20)16-5-2-6-17(21)13-16/h2-3,5-7,12-13H,4,8-11,14-15H2,1H3,(H2,22,23,24). The third-order valence-corrected chi connectivity index (χ3v) is 4.69. The summed E-state index contributed by atoms with van der Waals surface area (Å²) in [5.41, 5.74) is 1.10. The van der Waals surface area contributed by atoms with E-state index in [1.54, 1.807) is 25.4 Å². The van der Waals surface area contributed by atoms with Gasteiger partial charge in [0.25, 0.3) is 0 Å². The van der Waals surface area contributed by atoms with Crippen molar-refractivity contribution in [1.82, 2.24) is 10.6 Å². The van der Waals surface area contributed by atoms with E-state index in [1.807, 2.05) is 18.2 Å². The third-order valence-electron chi connectivity index (χ3n) is 4.69. The maximum atomic E-state index is 13.5. The highest BCUT2D eigenvalue weighted by Gasteiger charge is 2.44. The van der Waals surface area contributed by atoms with Crippen LogP contribution in [0.5, 0.6) is 0 Å². The molecular formula is C20H26FN3O2. The van der Waals surface area contributed by atoms with Crippen LogP contribution in [0, 0.1) is 5.82 Å². The van der Waals surface area contributed by atoms with E-state index < -0.39 is 0 Å². The fraction of sp³-hybridized carbons (Fsp3) is 0.450. The van der Waals surface area contributed by atoms with Gasteiger partial charge >= 0.3 is 0 Å². The zero-order chi connectivity index (χ0) is 18.2. The lowest BCUT2D eigenvalue weighted by atomic mass is 9.96. The van der Waals surface area contributed by atoms with Crippen LogP contribution in [0.25, 0.3) is 0 Å². The van der Waals surface area contributed by atoms with E-state index in [4.69, 9.17) is 9.15 Å². The molecule has 1 fully saturated rings. The van der Waals surface area contributed by atoms with E-state index in [0.29, 0.717) is 13.2 Å². The van der Waals surface area contributed by atoms with Crippen LogP contribution >= 0.6 is 0 Å². The monoisotopic (exact) mass is 359 g/mol. The van der Waals surface area contributed by atoms with Crippen molar-refractivity contribution >= 4 is 5.96 Å². The van der Waals surface area contributed by atoms with Crippen molar-refractivity contribution in [2.24, 2.45) is 4.99 Å². The van der Waals surface area contributed by atoms with Gasteiger partial charge in [-0.25, -0.2) is 4.39 Å². The summed E-state index contributed by atoms with van der Waals surface area (Å²) in [5.74, 6) is 1.42. The largest absolute Gasteiger partial charge is 0.467 e. The Labute approximate surface area is 153 Å². The quantitative estimate of drug-likeness (QED) is 0.410. The Balaban J connectivity index is 1.34. The summed E-state index contributed by atoms with van der Waals surface area (Å²) in [6.07, 6.45) is 4.66. The Morgan fingerprint density at radius 2 is 2.15 bits per heavy atom. The molecule has 0 unspecified atom stereocenters. The van der Waals surface area contributed by atoms with Crippen molar-refractivity contribution in [3.05, 3.63) is 59.8 Å². The molecule has 1 heterocycles. The summed E-state index contributed by atoms with van der Waals surface area (Å²) in [5, 5.41) is 6.65. The molecule has 1 aromatic carbocycles. The number of ether oxygens (including phenoxy) is 1. The molecule has 3 rings (SSSR count). The second-order valence-electron chi connectivity index (χ2n) is 6.63. The highest BCUT2D eigenvalue weighted by molar-refractivity contribution is 5.79. The van der Waals surface area contributed by atoms with Crippen LogP contribution in [0.15, 0.2) is 52.1 Å². The number of rotatable bonds is 9. The SMILES string of the molecule is CN=C(NCCCOCc1ccco1)NCC1(c2cccc(F)c2)CC1. The van der Waals surface area contributed by atoms with Crippen LogP contribution in [0.1, 0.15) is 30.6 Å². The minimum atomic E-state index is -0.175. The molecule has 1 saturated carbocycles. The fourth-order valence-corrected chi connectivity index (χ4v) is 2.96. The molecule has 0 bridgehead atoms. The number of guanidine groups is 1. The molecule has 5 nitrogen and oxygen atoms in total. The van der Waals surface area contributed by atoms with E-state index in [0.717, 1.165) is 49.6 Å². The van der Waals surface area contributed by atoms with E-state index in [2.05, 4.69) is 15.6 Å². The molecule has 0 atom stereocenters. The first-order valence-corrected chi connectivity index (χ1v) is 9.03. The van der Waals surface area contributed by atoms with Crippen LogP contribution in [0.3, 0.4) is 0 Å². The molecule has 0 saturated heterocycles. The molecule has 26 heavy (non-hydrogen) atoms. The van der Waals surface area contributed by atoms with Gasteiger partial charge in [0.05, 0.1) is 6.26 Å². The van der Waals surface area contributed by atoms with Crippen LogP contribution in [-0.2, 0) is 16.8 Å². The molecule has 1 aliphatic carbocycles. The Hall–Kier alpha value is -2.34. The Morgan fingerprint density at radius 1 is 1.27 bits per heavy atom. The van der Waals surface area contributed by atoms with Gasteiger partial charge in [-0.1, -0.05) is 12.1 Å². The smallest absolute Gasteiger partial charge is 0.191 e. The lowest BCUT2D eigenvalue weighted by Crippen LogP contribution is -2.41. The minimum Gasteiger partial charge on any atom is -0.467 e. The van der Waals surface area contributed by atoms with Gasteiger partial charge in [-0.05, 0) is 49.1 Å². The topological polar surface area (TPSA) is 58.8 Å². The number of nitrogens with zero attached hydrogens (tertiary/aromatic N) is 1. The van der Waals surface area contributed by atoms with Crippen molar-refractivity contribution < 1.29 is 13.5 Å². The average Bonchev–Trinajstić information content (AvgIpc) is 3.27. The predicted molar refractivity (Wildman–Crippen MR) is 99.7 cm³/mol. The van der Waals surface area contributed by atoms with Crippen molar-refractivity contribution in [2.45, 2.75) is 31.3 Å². The van der Waals surface area contributed by atoms with Gasteiger partial charge in [-0.2, -0.15) is 0 Å². The number of benzene rings is 1. The number of aliphatic imine (C=N–C) groups is 1. The fourth-order valence-electron chi connectivity index (χ4n) is 2.96. The van der Waals surface area contributed by atoms with Gasteiger partial charge in [0.2, 0.25) is 0 Å². The summed E-state index contributed by atoms with van der Waals surface area (Å²) in [6, 6.07) is 10.7. The average molecular weight is 359 g/mol. The Bertz CT molecular complexity index is 712. The number of hydrogen-bond acceptors (Lipinski definition) is 3. The minimum absolute atomic E-state index is 0.0336. The Kier molecular flexibility index (Phi) is 6.28. The zero-order valence-corrected chi connectivity index (χ0v) is 15.1. The maximum Gasteiger partial charge on any atom is 0.191 e. The van der Waals surface area contributed by atoms with E-state index >= 15 is 0 Å². The Morgan fingerprint density at radius 3 is 2.85 bits per heavy atom. The summed E-state index contributed by atoms with van der Waals surface area (Å²) >= 11 is 0. The van der Waals surface area contributed by atoms with Crippen molar-refractivity contribution in [1.29, 1.82) is 0 Å². The number of halogens is 1. The van der Waals surface area contributed by atoms with Crippen LogP contribution in [0.4, 0.5) is 4.39 Å². The summed E-state index contributed by atoms with van der Waals surface area (Å²) < 4.78 is 24.2. The molecule has 0 aliphatic heterocycles. The molecule has 0 radical (unpaired) electrons. The van der Waals surface area contributed by atoms with Crippen LogP contribution in [0.2, 0.25) is 0 Å². The maximum absolute atomic E-state index is 13.5. The van der Waals surface area contributed by atoms with Crippen molar-refractivity contribution in [3.63, 3.8) is 0 Å². The molecule has 2 aromatic rings.